The first-order valence-corrected chi connectivity index (χ1v) is 12.5. The molecule has 0 aliphatic rings. The number of ether oxygens (including phenoxy) is 3. The Hall–Kier alpha value is -4.81. The molecule has 1 heterocycles. The van der Waals surface area contributed by atoms with Crippen LogP contribution in [0.25, 0.3) is 17.0 Å². The SMILES string of the molecule is Cc1ccc(Oc2coc3cc(OC(=O)C=Cc4ccc(OCc5ccc(Cl)cc5)cc4)ccc3c2=O)cc1. The van der Waals surface area contributed by atoms with Gasteiger partial charge in [0.05, 0.1) is 5.39 Å². The van der Waals surface area contributed by atoms with Gasteiger partial charge in [-0.2, -0.15) is 0 Å². The van der Waals surface area contributed by atoms with Crippen LogP contribution in [-0.4, -0.2) is 5.97 Å². The van der Waals surface area contributed by atoms with Gasteiger partial charge in [0.2, 0.25) is 11.2 Å². The zero-order chi connectivity index (χ0) is 27.2. The molecule has 0 spiro atoms. The number of hydrogen-bond donors (Lipinski definition) is 0. The highest BCUT2D eigenvalue weighted by molar-refractivity contribution is 6.30. The van der Waals surface area contributed by atoms with Crippen LogP contribution < -0.4 is 19.6 Å². The molecular formula is C32H23ClO6. The molecule has 5 aromatic rings. The second-order valence-electron chi connectivity index (χ2n) is 8.74. The Morgan fingerprint density at radius 3 is 2.31 bits per heavy atom. The van der Waals surface area contributed by atoms with Gasteiger partial charge < -0.3 is 18.6 Å². The van der Waals surface area contributed by atoms with Crippen molar-refractivity contribution in [1.29, 1.82) is 0 Å². The van der Waals surface area contributed by atoms with Gasteiger partial charge in [-0.1, -0.05) is 53.6 Å². The fourth-order valence-corrected chi connectivity index (χ4v) is 3.82. The Bertz CT molecular complexity index is 1690. The van der Waals surface area contributed by atoms with Crippen LogP contribution in [0.1, 0.15) is 16.7 Å². The van der Waals surface area contributed by atoms with Gasteiger partial charge in [-0.15, -0.1) is 0 Å². The number of hydrogen-bond acceptors (Lipinski definition) is 6. The molecule has 0 amide bonds. The van der Waals surface area contributed by atoms with E-state index in [0.29, 0.717) is 28.5 Å². The van der Waals surface area contributed by atoms with Gasteiger partial charge in [0, 0.05) is 17.2 Å². The number of fused-ring (bicyclic) bond motifs is 1. The topological polar surface area (TPSA) is 75.0 Å². The van der Waals surface area contributed by atoms with Crippen LogP contribution >= 0.6 is 11.6 Å². The van der Waals surface area contributed by atoms with Gasteiger partial charge in [0.15, 0.2) is 0 Å². The van der Waals surface area contributed by atoms with Crippen molar-refractivity contribution in [1.82, 2.24) is 0 Å². The number of halogens is 1. The summed E-state index contributed by atoms with van der Waals surface area (Å²) in [7, 11) is 0. The van der Waals surface area contributed by atoms with Crippen molar-refractivity contribution in [2.75, 3.05) is 0 Å². The molecular weight excluding hydrogens is 516 g/mol. The van der Waals surface area contributed by atoms with Gasteiger partial charge in [0.1, 0.15) is 35.7 Å². The van der Waals surface area contributed by atoms with Gasteiger partial charge in [-0.25, -0.2) is 4.79 Å². The van der Waals surface area contributed by atoms with E-state index >= 15 is 0 Å². The third-order valence-electron chi connectivity index (χ3n) is 5.79. The third kappa shape index (κ3) is 6.74. The van der Waals surface area contributed by atoms with E-state index in [1.54, 1.807) is 18.2 Å². The number of aryl methyl sites for hydroxylation is 1. The predicted octanol–water partition coefficient (Wildman–Crippen LogP) is 7.74. The second kappa shape index (κ2) is 11.7. The maximum absolute atomic E-state index is 12.8. The molecule has 39 heavy (non-hydrogen) atoms. The normalized spacial score (nSPS) is 11.0. The molecule has 7 heteroatoms. The van der Waals surface area contributed by atoms with Crippen LogP contribution in [0.15, 0.2) is 113 Å². The van der Waals surface area contributed by atoms with Crippen LogP contribution in [0, 0.1) is 6.92 Å². The Morgan fingerprint density at radius 1 is 0.872 bits per heavy atom. The van der Waals surface area contributed by atoms with Crippen molar-refractivity contribution < 1.29 is 23.4 Å². The largest absolute Gasteiger partial charge is 0.489 e. The van der Waals surface area contributed by atoms with Gasteiger partial charge >= 0.3 is 5.97 Å². The third-order valence-corrected chi connectivity index (χ3v) is 6.04. The van der Waals surface area contributed by atoms with Crippen LogP contribution in [-0.2, 0) is 11.4 Å². The number of carbonyl (C=O) groups excluding carboxylic acids is 1. The summed E-state index contributed by atoms with van der Waals surface area (Å²) in [6.45, 7) is 2.39. The van der Waals surface area contributed by atoms with E-state index in [-0.39, 0.29) is 22.5 Å². The van der Waals surface area contributed by atoms with Crippen LogP contribution in [0.5, 0.6) is 23.0 Å². The Morgan fingerprint density at radius 2 is 1.56 bits per heavy atom. The molecule has 4 aromatic carbocycles. The zero-order valence-corrected chi connectivity index (χ0v) is 21.7. The van der Waals surface area contributed by atoms with Crippen LogP contribution in [0.4, 0.5) is 0 Å². The monoisotopic (exact) mass is 538 g/mol. The summed E-state index contributed by atoms with van der Waals surface area (Å²) in [5, 5.41) is 0.993. The summed E-state index contributed by atoms with van der Waals surface area (Å²) in [4.78, 5) is 25.2. The van der Waals surface area contributed by atoms with Gasteiger partial charge in [-0.3, -0.25) is 4.79 Å². The highest BCUT2D eigenvalue weighted by Gasteiger charge is 2.11. The lowest BCUT2D eigenvalue weighted by Gasteiger charge is -2.07. The van der Waals surface area contributed by atoms with E-state index in [1.807, 2.05) is 67.6 Å². The lowest BCUT2D eigenvalue weighted by Crippen LogP contribution is -2.06. The molecule has 0 bridgehead atoms. The molecule has 0 radical (unpaired) electrons. The van der Waals surface area contributed by atoms with E-state index in [4.69, 9.17) is 30.2 Å². The molecule has 0 N–H and O–H groups in total. The standard InChI is InChI=1S/C32H23ClO6/c1-21-2-11-26(12-3-21)38-30-20-37-29-18-27(15-16-28(29)32(30)35)39-31(34)17-8-22-6-13-25(14-7-22)36-19-23-4-9-24(33)10-5-23/h2-18,20H,19H2,1H3. The lowest BCUT2D eigenvalue weighted by atomic mass is 10.2. The van der Waals surface area contributed by atoms with E-state index in [1.165, 1.54) is 30.5 Å². The molecule has 1 aromatic heterocycles. The predicted molar refractivity (Wildman–Crippen MR) is 151 cm³/mol. The summed E-state index contributed by atoms with van der Waals surface area (Å²) < 4.78 is 22.4. The van der Waals surface area contributed by atoms with Crippen molar-refractivity contribution in [3.8, 4) is 23.0 Å². The first kappa shape index (κ1) is 25.8. The second-order valence-corrected chi connectivity index (χ2v) is 9.18. The first-order chi connectivity index (χ1) is 18.9. The molecule has 0 saturated heterocycles. The molecule has 0 saturated carbocycles. The van der Waals surface area contributed by atoms with Crippen molar-refractivity contribution in [3.63, 3.8) is 0 Å². The van der Waals surface area contributed by atoms with Crippen molar-refractivity contribution in [3.05, 3.63) is 135 Å². The molecule has 0 aliphatic heterocycles. The average molecular weight is 539 g/mol. The van der Waals surface area contributed by atoms with Crippen LogP contribution in [0.3, 0.4) is 0 Å². The summed E-state index contributed by atoms with van der Waals surface area (Å²) in [6, 6.07) is 26.7. The van der Waals surface area contributed by atoms with E-state index in [0.717, 1.165) is 16.7 Å². The highest BCUT2D eigenvalue weighted by atomic mass is 35.5. The Balaban J connectivity index is 1.19. The van der Waals surface area contributed by atoms with Gasteiger partial charge in [0.25, 0.3) is 0 Å². The lowest BCUT2D eigenvalue weighted by molar-refractivity contribution is -0.128. The maximum atomic E-state index is 12.8. The molecule has 0 aliphatic carbocycles. The summed E-state index contributed by atoms with van der Waals surface area (Å²) in [6.07, 6.45) is 4.21. The average Bonchev–Trinajstić information content (AvgIpc) is 2.95. The van der Waals surface area contributed by atoms with E-state index < -0.39 is 5.97 Å². The molecule has 0 unspecified atom stereocenters. The minimum atomic E-state index is -0.570. The summed E-state index contributed by atoms with van der Waals surface area (Å²) in [5.41, 5.74) is 2.85. The summed E-state index contributed by atoms with van der Waals surface area (Å²) in [5.74, 6) is 0.984. The minimum Gasteiger partial charge on any atom is -0.489 e. The minimum absolute atomic E-state index is 0.0698. The fourth-order valence-electron chi connectivity index (χ4n) is 3.70. The zero-order valence-electron chi connectivity index (χ0n) is 20.9. The Kier molecular flexibility index (Phi) is 7.75. The number of esters is 1. The smallest absolute Gasteiger partial charge is 0.336 e. The van der Waals surface area contributed by atoms with Crippen molar-refractivity contribution in [2.24, 2.45) is 0 Å². The summed E-state index contributed by atoms with van der Waals surface area (Å²) >= 11 is 5.90. The molecule has 5 rings (SSSR count). The molecule has 0 fully saturated rings. The van der Waals surface area contributed by atoms with E-state index in [9.17, 15) is 9.59 Å². The quantitative estimate of drug-likeness (QED) is 0.114. The maximum Gasteiger partial charge on any atom is 0.336 e. The molecule has 194 valence electrons. The molecule has 6 nitrogen and oxygen atoms in total. The van der Waals surface area contributed by atoms with Crippen LogP contribution in [0.2, 0.25) is 5.02 Å². The fraction of sp³-hybridized carbons (Fsp3) is 0.0625. The van der Waals surface area contributed by atoms with Gasteiger partial charge in [-0.05, 0) is 72.7 Å². The van der Waals surface area contributed by atoms with Crippen molar-refractivity contribution >= 4 is 34.6 Å². The number of benzene rings is 4. The van der Waals surface area contributed by atoms with E-state index in [2.05, 4.69) is 0 Å². The Labute approximate surface area is 229 Å². The number of rotatable bonds is 8. The molecule has 0 atom stereocenters. The van der Waals surface area contributed by atoms with Crippen molar-refractivity contribution in [2.45, 2.75) is 13.5 Å². The highest BCUT2D eigenvalue weighted by Crippen LogP contribution is 2.24. The number of carbonyl (C=O) groups is 1. The first-order valence-electron chi connectivity index (χ1n) is 12.1.